The molecule has 0 aliphatic carbocycles. The predicted octanol–water partition coefficient (Wildman–Crippen LogP) is 3.79. The van der Waals surface area contributed by atoms with Gasteiger partial charge in [-0.15, -0.1) is 30.4 Å². The van der Waals surface area contributed by atoms with Crippen LogP contribution in [0.3, 0.4) is 0 Å². The van der Waals surface area contributed by atoms with Gasteiger partial charge < -0.3 is 20.1 Å². The normalized spacial score (nSPS) is 11.6. The summed E-state index contributed by atoms with van der Waals surface area (Å²) >= 11 is 0. The lowest BCUT2D eigenvalue weighted by Gasteiger charge is -2.17. The average Bonchev–Trinajstić information content (AvgIpc) is 2.72. The molecule has 0 bridgehead atoms. The van der Waals surface area contributed by atoms with Gasteiger partial charge in [-0.1, -0.05) is 49.2 Å². The predicted molar refractivity (Wildman–Crippen MR) is 126 cm³/mol. The molecular weight excluding hydrogens is 465 g/mol. The summed E-state index contributed by atoms with van der Waals surface area (Å²) in [6.45, 7) is 3.79. The van der Waals surface area contributed by atoms with Gasteiger partial charge in [0, 0.05) is 20.1 Å². The Morgan fingerprint density at radius 1 is 1.14 bits per heavy atom. The second kappa shape index (κ2) is 12.9. The number of methoxy groups -OCH3 is 1. The number of halogens is 1. The fraction of sp³-hybridized carbons (Fsp3) is 0.318. The molecule has 0 fully saturated rings. The molecule has 0 spiro atoms. The van der Waals surface area contributed by atoms with Gasteiger partial charge in [0.15, 0.2) is 17.5 Å². The third-order valence-electron chi connectivity index (χ3n) is 4.17. The highest BCUT2D eigenvalue weighted by Crippen LogP contribution is 2.27. The first-order valence-electron chi connectivity index (χ1n) is 8.90. The van der Waals surface area contributed by atoms with Crippen LogP contribution >= 0.6 is 24.0 Å². The molecule has 1 atom stereocenters. The van der Waals surface area contributed by atoms with Gasteiger partial charge in [-0.05, 0) is 29.2 Å². The first kappa shape index (κ1) is 23.6. The van der Waals surface area contributed by atoms with Crippen LogP contribution in [0.5, 0.6) is 11.5 Å². The third kappa shape index (κ3) is 7.31. The maximum absolute atomic E-state index is 5.54. The van der Waals surface area contributed by atoms with Crippen molar-refractivity contribution in [3.05, 3.63) is 59.7 Å². The number of benzene rings is 2. The zero-order valence-electron chi connectivity index (χ0n) is 16.6. The molecule has 0 amide bonds. The second-order valence-corrected chi connectivity index (χ2v) is 6.10. The van der Waals surface area contributed by atoms with E-state index in [1.165, 1.54) is 5.56 Å². The Hall–Kier alpha value is -2.40. The molecule has 2 aromatic carbocycles. The highest BCUT2D eigenvalue weighted by Gasteiger charge is 2.08. The lowest BCUT2D eigenvalue weighted by atomic mass is 10.0. The molecule has 0 aromatic heterocycles. The first-order valence-corrected chi connectivity index (χ1v) is 8.90. The monoisotopic (exact) mass is 493 g/mol. The van der Waals surface area contributed by atoms with Crippen molar-refractivity contribution in [3.8, 4) is 23.8 Å². The van der Waals surface area contributed by atoms with Crippen molar-refractivity contribution in [1.82, 2.24) is 10.6 Å². The van der Waals surface area contributed by atoms with E-state index >= 15 is 0 Å². The van der Waals surface area contributed by atoms with Crippen molar-refractivity contribution in [2.24, 2.45) is 4.99 Å². The minimum atomic E-state index is 0. The molecule has 1 unspecified atom stereocenters. The Morgan fingerprint density at radius 2 is 1.89 bits per heavy atom. The van der Waals surface area contributed by atoms with Crippen LogP contribution in [0, 0.1) is 12.3 Å². The number of terminal acetylenes is 1. The van der Waals surface area contributed by atoms with Crippen molar-refractivity contribution in [3.63, 3.8) is 0 Å². The van der Waals surface area contributed by atoms with Crippen LogP contribution in [0.25, 0.3) is 0 Å². The Labute approximate surface area is 185 Å². The summed E-state index contributed by atoms with van der Waals surface area (Å²) in [7, 11) is 3.37. The van der Waals surface area contributed by atoms with Gasteiger partial charge >= 0.3 is 0 Å². The Bertz CT molecular complexity index is 788. The minimum Gasteiger partial charge on any atom is -0.493 e. The number of hydrogen-bond donors (Lipinski definition) is 2. The van der Waals surface area contributed by atoms with Crippen molar-refractivity contribution in [2.45, 2.75) is 19.4 Å². The van der Waals surface area contributed by atoms with Crippen LogP contribution in [0.15, 0.2) is 53.5 Å². The van der Waals surface area contributed by atoms with E-state index in [1.807, 2.05) is 24.3 Å². The van der Waals surface area contributed by atoms with Crippen molar-refractivity contribution in [1.29, 1.82) is 0 Å². The topological polar surface area (TPSA) is 54.9 Å². The van der Waals surface area contributed by atoms with E-state index in [0.717, 1.165) is 18.1 Å². The lowest BCUT2D eigenvalue weighted by Crippen LogP contribution is -2.38. The molecular formula is C22H28IN3O2. The fourth-order valence-corrected chi connectivity index (χ4v) is 2.62. The summed E-state index contributed by atoms with van der Waals surface area (Å²) in [4.78, 5) is 4.29. The van der Waals surface area contributed by atoms with Gasteiger partial charge in [-0.2, -0.15) is 0 Å². The minimum absolute atomic E-state index is 0. The molecule has 0 saturated carbocycles. The number of nitrogens with zero attached hydrogens (tertiary/aromatic N) is 1. The lowest BCUT2D eigenvalue weighted by molar-refractivity contribution is 0.330. The van der Waals surface area contributed by atoms with Gasteiger partial charge in [0.25, 0.3) is 0 Å². The number of rotatable bonds is 8. The molecule has 6 heteroatoms. The van der Waals surface area contributed by atoms with Gasteiger partial charge in [0.2, 0.25) is 0 Å². The van der Waals surface area contributed by atoms with E-state index in [-0.39, 0.29) is 30.6 Å². The van der Waals surface area contributed by atoms with Gasteiger partial charge in [-0.3, -0.25) is 4.99 Å². The van der Waals surface area contributed by atoms with Gasteiger partial charge in [0.05, 0.1) is 7.11 Å². The van der Waals surface area contributed by atoms with E-state index < -0.39 is 0 Å². The van der Waals surface area contributed by atoms with Gasteiger partial charge in [0.1, 0.15) is 6.61 Å². The molecule has 5 nitrogen and oxygen atoms in total. The number of ether oxygens (including phenoxy) is 2. The maximum Gasteiger partial charge on any atom is 0.191 e. The molecule has 2 aromatic rings. The molecule has 2 N–H and O–H groups in total. The highest BCUT2D eigenvalue weighted by atomic mass is 127. The summed E-state index contributed by atoms with van der Waals surface area (Å²) in [6, 6.07) is 16.2. The number of hydrogen-bond acceptors (Lipinski definition) is 3. The second-order valence-electron chi connectivity index (χ2n) is 6.10. The number of aliphatic imine (C=N–C) groups is 1. The van der Waals surface area contributed by atoms with E-state index in [2.05, 4.69) is 52.7 Å². The van der Waals surface area contributed by atoms with Crippen LogP contribution in [0.2, 0.25) is 0 Å². The summed E-state index contributed by atoms with van der Waals surface area (Å²) in [5.74, 6) is 4.89. The summed E-state index contributed by atoms with van der Waals surface area (Å²) < 4.78 is 10.8. The van der Waals surface area contributed by atoms with Crippen LogP contribution in [0.1, 0.15) is 24.0 Å². The van der Waals surface area contributed by atoms with Crippen LogP contribution in [0.4, 0.5) is 0 Å². The van der Waals surface area contributed by atoms with Crippen LogP contribution < -0.4 is 20.1 Å². The molecule has 0 aliphatic rings. The zero-order chi connectivity index (χ0) is 19.5. The molecule has 0 radical (unpaired) electrons. The fourth-order valence-electron chi connectivity index (χ4n) is 2.62. The SMILES string of the molecule is C#CCOc1cc(CNC(=NC)NCC(C)c2ccccc2)ccc1OC.I. The van der Waals surface area contributed by atoms with Crippen molar-refractivity contribution >= 4 is 29.9 Å². The summed E-state index contributed by atoms with van der Waals surface area (Å²) in [5.41, 5.74) is 2.34. The van der Waals surface area contributed by atoms with E-state index in [9.17, 15) is 0 Å². The Balaban J connectivity index is 0.00000392. The molecule has 0 heterocycles. The van der Waals surface area contributed by atoms with Crippen molar-refractivity contribution < 1.29 is 9.47 Å². The standard InChI is InChI=1S/C22H27N3O2.HI/c1-5-13-27-21-14-18(11-12-20(21)26-4)16-25-22(23-3)24-15-17(2)19-9-7-6-8-10-19;/h1,6-12,14,17H,13,15-16H2,2-4H3,(H2,23,24,25);1H. The molecule has 0 aliphatic heterocycles. The number of guanidine groups is 1. The Morgan fingerprint density at radius 3 is 2.54 bits per heavy atom. The molecule has 150 valence electrons. The average molecular weight is 493 g/mol. The summed E-state index contributed by atoms with van der Waals surface area (Å²) in [6.07, 6.45) is 5.27. The van der Waals surface area contributed by atoms with Crippen LogP contribution in [-0.2, 0) is 6.54 Å². The number of nitrogens with one attached hydrogen (secondary N) is 2. The largest absolute Gasteiger partial charge is 0.493 e. The maximum atomic E-state index is 5.54. The third-order valence-corrected chi connectivity index (χ3v) is 4.17. The Kier molecular flexibility index (Phi) is 10.9. The molecule has 2 rings (SSSR count). The van der Waals surface area contributed by atoms with E-state index in [4.69, 9.17) is 15.9 Å². The molecule has 28 heavy (non-hydrogen) atoms. The smallest absolute Gasteiger partial charge is 0.191 e. The molecule has 0 saturated heterocycles. The van der Waals surface area contributed by atoms with E-state index in [0.29, 0.717) is 24.0 Å². The van der Waals surface area contributed by atoms with Crippen LogP contribution in [-0.4, -0.2) is 33.3 Å². The first-order chi connectivity index (χ1) is 13.2. The zero-order valence-corrected chi connectivity index (χ0v) is 18.9. The van der Waals surface area contributed by atoms with E-state index in [1.54, 1.807) is 14.2 Å². The highest BCUT2D eigenvalue weighted by molar-refractivity contribution is 14.0. The van der Waals surface area contributed by atoms with Gasteiger partial charge in [-0.25, -0.2) is 0 Å². The quantitative estimate of drug-likeness (QED) is 0.254. The summed E-state index contributed by atoms with van der Waals surface area (Å²) in [5, 5.41) is 6.68. The van der Waals surface area contributed by atoms with Crippen molar-refractivity contribution in [2.75, 3.05) is 27.3 Å².